The molecular weight excluding hydrogens is 160 g/mol. The second kappa shape index (κ2) is 2.41. The largest absolute Gasteiger partial charge is 0.481 e. The van der Waals surface area contributed by atoms with E-state index in [1.165, 1.54) is 5.75 Å². The van der Waals surface area contributed by atoms with E-state index >= 15 is 0 Å². The fourth-order valence-corrected chi connectivity index (χ4v) is 3.29. The Bertz CT molecular complexity index is 181. The molecule has 0 bridgehead atoms. The molecule has 2 fully saturated rings. The lowest BCUT2D eigenvalue weighted by atomic mass is 9.89. The predicted octanol–water partition coefficient (Wildman–Crippen LogP) is 1.60. The molecule has 62 valence electrons. The second-order valence-corrected chi connectivity index (χ2v) is 4.67. The molecule has 0 amide bonds. The lowest BCUT2D eigenvalue weighted by molar-refractivity contribution is -0.145. The highest BCUT2D eigenvalue weighted by Crippen LogP contribution is 2.56. The Morgan fingerprint density at radius 3 is 2.64 bits per heavy atom. The van der Waals surface area contributed by atoms with Gasteiger partial charge in [0.1, 0.15) is 0 Å². The van der Waals surface area contributed by atoms with E-state index in [1.54, 1.807) is 0 Å². The molecule has 1 N–H and O–H groups in total. The standard InChI is InChI=1S/C8H12O2S/c9-7(10)8(2-3-8)6-1-4-11-5-6/h6H,1-5H2,(H,9,10). The first-order chi connectivity index (χ1) is 5.26. The van der Waals surface area contributed by atoms with E-state index < -0.39 is 5.97 Å². The van der Waals surface area contributed by atoms with Gasteiger partial charge >= 0.3 is 5.97 Å². The third-order valence-electron chi connectivity index (χ3n) is 2.93. The van der Waals surface area contributed by atoms with Crippen molar-refractivity contribution in [2.75, 3.05) is 11.5 Å². The fraction of sp³-hybridized carbons (Fsp3) is 0.875. The molecule has 1 aliphatic heterocycles. The highest BCUT2D eigenvalue weighted by Gasteiger charge is 2.56. The first-order valence-corrected chi connectivity index (χ1v) is 5.22. The molecule has 0 radical (unpaired) electrons. The molecule has 1 aliphatic carbocycles. The SMILES string of the molecule is O=C(O)C1(C2CCSC2)CC1. The van der Waals surface area contributed by atoms with Crippen molar-refractivity contribution in [2.45, 2.75) is 19.3 Å². The Balaban J connectivity index is 2.07. The number of carboxylic acids is 1. The van der Waals surface area contributed by atoms with Crippen LogP contribution in [0.3, 0.4) is 0 Å². The van der Waals surface area contributed by atoms with E-state index in [0.29, 0.717) is 5.92 Å². The summed E-state index contributed by atoms with van der Waals surface area (Å²) in [6.07, 6.45) is 2.97. The Hall–Kier alpha value is -0.180. The molecule has 11 heavy (non-hydrogen) atoms. The van der Waals surface area contributed by atoms with Crippen LogP contribution in [0.15, 0.2) is 0 Å². The molecule has 2 nitrogen and oxygen atoms in total. The van der Waals surface area contributed by atoms with Gasteiger partial charge in [0.25, 0.3) is 0 Å². The van der Waals surface area contributed by atoms with Crippen LogP contribution >= 0.6 is 11.8 Å². The van der Waals surface area contributed by atoms with Crippen LogP contribution in [0.5, 0.6) is 0 Å². The lowest BCUT2D eigenvalue weighted by Crippen LogP contribution is -2.24. The molecule has 2 aliphatic rings. The second-order valence-electron chi connectivity index (χ2n) is 3.52. The molecule has 0 aromatic heterocycles. The number of carbonyl (C=O) groups is 1. The van der Waals surface area contributed by atoms with Gasteiger partial charge in [-0.3, -0.25) is 4.79 Å². The molecule has 1 saturated carbocycles. The summed E-state index contributed by atoms with van der Waals surface area (Å²) in [5.74, 6) is 2.17. The van der Waals surface area contributed by atoms with Crippen molar-refractivity contribution in [2.24, 2.45) is 11.3 Å². The molecule has 3 heteroatoms. The smallest absolute Gasteiger partial charge is 0.309 e. The average molecular weight is 172 g/mol. The summed E-state index contributed by atoms with van der Waals surface area (Å²) in [5.41, 5.74) is -0.274. The monoisotopic (exact) mass is 172 g/mol. The summed E-state index contributed by atoms with van der Waals surface area (Å²) in [6, 6.07) is 0. The van der Waals surface area contributed by atoms with Crippen LogP contribution in [0.2, 0.25) is 0 Å². The third kappa shape index (κ3) is 1.06. The molecular formula is C8H12O2S. The van der Waals surface area contributed by atoms with Gasteiger partial charge in [-0.25, -0.2) is 0 Å². The van der Waals surface area contributed by atoms with E-state index in [0.717, 1.165) is 25.0 Å². The van der Waals surface area contributed by atoms with Crippen molar-refractivity contribution in [1.29, 1.82) is 0 Å². The van der Waals surface area contributed by atoms with Gasteiger partial charge in [0.15, 0.2) is 0 Å². The maximum absolute atomic E-state index is 10.9. The molecule has 1 unspecified atom stereocenters. The molecule has 0 aromatic carbocycles. The highest BCUT2D eigenvalue weighted by molar-refractivity contribution is 7.99. The number of carboxylic acid groups (broad SMARTS) is 1. The van der Waals surface area contributed by atoms with Gasteiger partial charge < -0.3 is 5.11 Å². The summed E-state index contributed by atoms with van der Waals surface area (Å²) in [6.45, 7) is 0. The van der Waals surface area contributed by atoms with E-state index in [9.17, 15) is 4.79 Å². The van der Waals surface area contributed by atoms with E-state index in [-0.39, 0.29) is 5.41 Å². The van der Waals surface area contributed by atoms with Gasteiger partial charge in [-0.05, 0) is 36.7 Å². The summed E-state index contributed by atoms with van der Waals surface area (Å²) >= 11 is 1.90. The van der Waals surface area contributed by atoms with Gasteiger partial charge in [-0.15, -0.1) is 0 Å². The number of thioether (sulfide) groups is 1. The van der Waals surface area contributed by atoms with E-state index in [2.05, 4.69) is 0 Å². The maximum atomic E-state index is 10.9. The predicted molar refractivity (Wildman–Crippen MR) is 44.7 cm³/mol. The maximum Gasteiger partial charge on any atom is 0.309 e. The van der Waals surface area contributed by atoms with E-state index in [1.807, 2.05) is 11.8 Å². The zero-order valence-corrected chi connectivity index (χ0v) is 7.19. The van der Waals surface area contributed by atoms with Crippen LogP contribution in [0.4, 0.5) is 0 Å². The molecule has 2 rings (SSSR count). The van der Waals surface area contributed by atoms with Crippen LogP contribution in [0.25, 0.3) is 0 Å². The van der Waals surface area contributed by atoms with Crippen LogP contribution in [-0.2, 0) is 4.79 Å². The van der Waals surface area contributed by atoms with Crippen molar-refractivity contribution in [3.8, 4) is 0 Å². The first-order valence-electron chi connectivity index (χ1n) is 4.07. The Morgan fingerprint density at radius 2 is 2.27 bits per heavy atom. The Kier molecular flexibility index (Phi) is 1.63. The minimum atomic E-state index is -0.551. The van der Waals surface area contributed by atoms with Gasteiger partial charge in [0.05, 0.1) is 5.41 Å². The van der Waals surface area contributed by atoms with Crippen molar-refractivity contribution in [3.63, 3.8) is 0 Å². The lowest BCUT2D eigenvalue weighted by Gasteiger charge is -2.16. The van der Waals surface area contributed by atoms with Gasteiger partial charge in [0, 0.05) is 0 Å². The van der Waals surface area contributed by atoms with Crippen LogP contribution in [0, 0.1) is 11.3 Å². The van der Waals surface area contributed by atoms with Crippen LogP contribution < -0.4 is 0 Å². The van der Waals surface area contributed by atoms with Gasteiger partial charge in [-0.2, -0.15) is 11.8 Å². The quantitative estimate of drug-likeness (QED) is 0.687. The van der Waals surface area contributed by atoms with Crippen LogP contribution in [-0.4, -0.2) is 22.6 Å². The summed E-state index contributed by atoms with van der Waals surface area (Å²) in [5, 5.41) is 8.95. The minimum Gasteiger partial charge on any atom is -0.481 e. The first kappa shape index (κ1) is 7.47. The Morgan fingerprint density at radius 1 is 1.55 bits per heavy atom. The molecule has 0 spiro atoms. The third-order valence-corrected chi connectivity index (χ3v) is 4.09. The van der Waals surface area contributed by atoms with Crippen LogP contribution in [0.1, 0.15) is 19.3 Å². The topological polar surface area (TPSA) is 37.3 Å². The highest BCUT2D eigenvalue weighted by atomic mass is 32.2. The average Bonchev–Trinajstić information content (AvgIpc) is 2.61. The molecule has 1 heterocycles. The summed E-state index contributed by atoms with van der Waals surface area (Å²) in [7, 11) is 0. The van der Waals surface area contributed by atoms with Crippen molar-refractivity contribution < 1.29 is 9.90 Å². The Labute approximate surface area is 70.4 Å². The van der Waals surface area contributed by atoms with Crippen molar-refractivity contribution in [1.82, 2.24) is 0 Å². The summed E-state index contributed by atoms with van der Waals surface area (Å²) < 4.78 is 0. The minimum absolute atomic E-state index is 0.274. The molecule has 0 aromatic rings. The zero-order valence-electron chi connectivity index (χ0n) is 6.38. The van der Waals surface area contributed by atoms with Crippen molar-refractivity contribution in [3.05, 3.63) is 0 Å². The molecule has 1 saturated heterocycles. The van der Waals surface area contributed by atoms with Gasteiger partial charge in [0.2, 0.25) is 0 Å². The number of aliphatic carboxylic acids is 1. The zero-order chi connectivity index (χ0) is 7.90. The van der Waals surface area contributed by atoms with E-state index in [4.69, 9.17) is 5.11 Å². The summed E-state index contributed by atoms with van der Waals surface area (Å²) in [4.78, 5) is 10.9. The number of hydrogen-bond acceptors (Lipinski definition) is 2. The normalized spacial score (nSPS) is 33.6. The number of hydrogen-bond donors (Lipinski definition) is 1. The fourth-order valence-electron chi connectivity index (χ4n) is 1.90. The number of rotatable bonds is 2. The van der Waals surface area contributed by atoms with Gasteiger partial charge in [-0.1, -0.05) is 0 Å². The molecule has 1 atom stereocenters. The van der Waals surface area contributed by atoms with Crippen molar-refractivity contribution >= 4 is 17.7 Å².